The van der Waals surface area contributed by atoms with Crippen LogP contribution in [0.4, 0.5) is 0 Å². The molecule has 1 N–H and O–H groups in total. The molecular weight excluding hydrogens is 218 g/mol. The molecule has 3 unspecified atom stereocenters. The van der Waals surface area contributed by atoms with Crippen LogP contribution in [0.5, 0.6) is 0 Å². The molecule has 98 valence electrons. The Morgan fingerprint density at radius 2 is 1.67 bits per heavy atom. The lowest BCUT2D eigenvalue weighted by Gasteiger charge is -2.27. The van der Waals surface area contributed by atoms with Gasteiger partial charge in [0.15, 0.2) is 0 Å². The first kappa shape index (κ1) is 12.2. The van der Waals surface area contributed by atoms with E-state index in [0.29, 0.717) is 6.04 Å². The summed E-state index contributed by atoms with van der Waals surface area (Å²) in [5, 5.41) is 3.91. The van der Waals surface area contributed by atoms with E-state index in [-0.39, 0.29) is 0 Å². The van der Waals surface area contributed by atoms with Gasteiger partial charge < -0.3 is 5.32 Å². The fourth-order valence-electron chi connectivity index (χ4n) is 3.87. The van der Waals surface area contributed by atoms with E-state index >= 15 is 0 Å². The number of hydrogen-bond acceptors (Lipinski definition) is 1. The van der Waals surface area contributed by atoms with Crippen LogP contribution in [-0.2, 0) is 12.8 Å². The summed E-state index contributed by atoms with van der Waals surface area (Å²) in [5.74, 6) is 1.74. The summed E-state index contributed by atoms with van der Waals surface area (Å²) in [4.78, 5) is 0. The summed E-state index contributed by atoms with van der Waals surface area (Å²) in [7, 11) is 0. The molecule has 1 nitrogen and oxygen atoms in total. The first-order valence-corrected chi connectivity index (χ1v) is 7.60. The van der Waals surface area contributed by atoms with Crippen molar-refractivity contribution in [3.05, 3.63) is 35.4 Å². The van der Waals surface area contributed by atoms with Crippen LogP contribution in [0.1, 0.15) is 44.2 Å². The van der Waals surface area contributed by atoms with Gasteiger partial charge in [0.05, 0.1) is 0 Å². The van der Waals surface area contributed by atoms with Gasteiger partial charge in [0, 0.05) is 12.1 Å². The molecule has 3 rings (SSSR count). The van der Waals surface area contributed by atoms with Gasteiger partial charge in [-0.05, 0) is 62.0 Å². The van der Waals surface area contributed by atoms with E-state index in [0.717, 1.165) is 17.9 Å². The molecular formula is C17H25N. The molecule has 0 radical (unpaired) electrons. The highest BCUT2D eigenvalue weighted by Gasteiger charge is 2.38. The average Bonchev–Trinajstić information content (AvgIpc) is 2.65. The minimum Gasteiger partial charge on any atom is -0.311 e. The van der Waals surface area contributed by atoms with Gasteiger partial charge >= 0.3 is 0 Å². The fourth-order valence-corrected chi connectivity index (χ4v) is 3.87. The Kier molecular flexibility index (Phi) is 3.43. The SMILES string of the molecule is CCC(C)NC1C2CCC1Cc1ccccc1C2. The largest absolute Gasteiger partial charge is 0.311 e. The van der Waals surface area contributed by atoms with E-state index in [2.05, 4.69) is 43.4 Å². The van der Waals surface area contributed by atoms with Crippen molar-refractivity contribution >= 4 is 0 Å². The van der Waals surface area contributed by atoms with Crippen LogP contribution in [0.3, 0.4) is 0 Å². The number of rotatable bonds is 3. The van der Waals surface area contributed by atoms with Crippen LogP contribution in [0.2, 0.25) is 0 Å². The van der Waals surface area contributed by atoms with Crippen molar-refractivity contribution in [3.8, 4) is 0 Å². The molecule has 1 heteroatoms. The standard InChI is InChI=1S/C17H25N/c1-3-12(2)18-17-15-8-9-16(17)11-14-7-5-4-6-13(14)10-15/h4-7,12,15-18H,3,8-11H2,1-2H3. The van der Waals surface area contributed by atoms with Gasteiger partial charge in [0.25, 0.3) is 0 Å². The lowest BCUT2D eigenvalue weighted by molar-refractivity contribution is 0.309. The van der Waals surface area contributed by atoms with Crippen LogP contribution in [0.25, 0.3) is 0 Å². The van der Waals surface area contributed by atoms with Gasteiger partial charge in [-0.2, -0.15) is 0 Å². The molecule has 2 aliphatic carbocycles. The summed E-state index contributed by atoms with van der Waals surface area (Å²) in [6, 6.07) is 10.5. The lowest BCUT2D eigenvalue weighted by Crippen LogP contribution is -2.42. The second-order valence-corrected chi connectivity index (χ2v) is 6.28. The summed E-state index contributed by atoms with van der Waals surface area (Å²) in [5.41, 5.74) is 3.22. The molecule has 18 heavy (non-hydrogen) atoms. The van der Waals surface area contributed by atoms with Gasteiger partial charge in [0.2, 0.25) is 0 Å². The molecule has 2 bridgehead atoms. The zero-order chi connectivity index (χ0) is 12.5. The first-order chi connectivity index (χ1) is 8.78. The number of benzene rings is 1. The molecule has 2 aliphatic rings. The highest BCUT2D eigenvalue weighted by atomic mass is 15.0. The van der Waals surface area contributed by atoms with E-state index in [1.165, 1.54) is 32.1 Å². The Morgan fingerprint density at radius 1 is 1.11 bits per heavy atom. The second kappa shape index (κ2) is 5.05. The Bertz CT molecular complexity index is 379. The zero-order valence-corrected chi connectivity index (χ0v) is 11.7. The maximum absolute atomic E-state index is 3.91. The van der Waals surface area contributed by atoms with Crippen molar-refractivity contribution in [3.63, 3.8) is 0 Å². The smallest absolute Gasteiger partial charge is 0.0132 e. The van der Waals surface area contributed by atoms with Crippen LogP contribution in [0, 0.1) is 11.8 Å². The normalized spacial score (nSPS) is 31.8. The predicted molar refractivity (Wildman–Crippen MR) is 76.7 cm³/mol. The van der Waals surface area contributed by atoms with Gasteiger partial charge in [0.1, 0.15) is 0 Å². The second-order valence-electron chi connectivity index (χ2n) is 6.28. The quantitative estimate of drug-likeness (QED) is 0.856. The van der Waals surface area contributed by atoms with Crippen LogP contribution < -0.4 is 5.32 Å². The van der Waals surface area contributed by atoms with Crippen molar-refractivity contribution in [2.45, 2.75) is 58.0 Å². The van der Waals surface area contributed by atoms with Gasteiger partial charge in [-0.1, -0.05) is 31.2 Å². The van der Waals surface area contributed by atoms with Crippen molar-refractivity contribution in [2.24, 2.45) is 11.8 Å². The van der Waals surface area contributed by atoms with Crippen LogP contribution >= 0.6 is 0 Å². The van der Waals surface area contributed by atoms with Crippen molar-refractivity contribution < 1.29 is 0 Å². The lowest BCUT2D eigenvalue weighted by atomic mass is 9.94. The van der Waals surface area contributed by atoms with Crippen molar-refractivity contribution in [1.29, 1.82) is 0 Å². The maximum atomic E-state index is 3.91. The molecule has 0 heterocycles. The fraction of sp³-hybridized carbons (Fsp3) is 0.647. The number of nitrogens with one attached hydrogen (secondary N) is 1. The van der Waals surface area contributed by atoms with E-state index in [4.69, 9.17) is 0 Å². The van der Waals surface area contributed by atoms with Gasteiger partial charge in [-0.3, -0.25) is 0 Å². The minimum atomic E-state index is 0.666. The Morgan fingerprint density at radius 3 is 2.17 bits per heavy atom. The molecule has 0 aromatic heterocycles. The summed E-state index contributed by atoms with van der Waals surface area (Å²) >= 11 is 0. The topological polar surface area (TPSA) is 12.0 Å². The zero-order valence-electron chi connectivity index (χ0n) is 11.7. The molecule has 1 saturated carbocycles. The summed E-state index contributed by atoms with van der Waals surface area (Å²) in [6.07, 6.45) is 6.67. The van der Waals surface area contributed by atoms with Gasteiger partial charge in [-0.25, -0.2) is 0 Å². The van der Waals surface area contributed by atoms with E-state index in [1.807, 2.05) is 0 Å². The van der Waals surface area contributed by atoms with Crippen molar-refractivity contribution in [2.75, 3.05) is 0 Å². The Labute approximate surface area is 111 Å². The molecule has 0 spiro atoms. The first-order valence-electron chi connectivity index (χ1n) is 7.60. The van der Waals surface area contributed by atoms with Crippen LogP contribution in [0.15, 0.2) is 24.3 Å². The third kappa shape index (κ3) is 2.21. The van der Waals surface area contributed by atoms with E-state index < -0.39 is 0 Å². The van der Waals surface area contributed by atoms with E-state index in [9.17, 15) is 0 Å². The third-order valence-corrected chi connectivity index (χ3v) is 5.10. The Balaban J connectivity index is 1.82. The summed E-state index contributed by atoms with van der Waals surface area (Å²) in [6.45, 7) is 4.61. The monoisotopic (exact) mass is 243 g/mol. The minimum absolute atomic E-state index is 0.666. The average molecular weight is 243 g/mol. The predicted octanol–water partition coefficient (Wildman–Crippen LogP) is 3.57. The molecule has 1 aromatic carbocycles. The molecule has 1 aromatic rings. The third-order valence-electron chi connectivity index (χ3n) is 5.10. The van der Waals surface area contributed by atoms with Crippen LogP contribution in [-0.4, -0.2) is 12.1 Å². The molecule has 0 aliphatic heterocycles. The Hall–Kier alpha value is -0.820. The molecule has 1 fully saturated rings. The number of hydrogen-bond donors (Lipinski definition) is 1. The number of fused-ring (bicyclic) bond motifs is 3. The maximum Gasteiger partial charge on any atom is 0.0132 e. The highest BCUT2D eigenvalue weighted by molar-refractivity contribution is 5.30. The highest BCUT2D eigenvalue weighted by Crippen LogP contribution is 2.40. The van der Waals surface area contributed by atoms with Gasteiger partial charge in [-0.15, -0.1) is 0 Å². The molecule has 3 atom stereocenters. The molecule has 0 amide bonds. The van der Waals surface area contributed by atoms with Crippen molar-refractivity contribution in [1.82, 2.24) is 5.32 Å². The molecule has 0 saturated heterocycles. The summed E-state index contributed by atoms with van der Waals surface area (Å²) < 4.78 is 0. The van der Waals surface area contributed by atoms with E-state index in [1.54, 1.807) is 11.1 Å².